The van der Waals surface area contributed by atoms with Crippen LogP contribution in [0.4, 0.5) is 0 Å². The third kappa shape index (κ3) is 2.70. The largest absolute Gasteiger partial charge is 0.468 e. The quantitative estimate of drug-likeness (QED) is 0.858. The number of nitrogens with zero attached hydrogens (tertiary/aromatic N) is 2. The number of hydrogen-bond donors (Lipinski definition) is 1. The molecular weight excluding hydrogens is 216 g/mol. The van der Waals surface area contributed by atoms with Gasteiger partial charge in [-0.2, -0.15) is 0 Å². The van der Waals surface area contributed by atoms with Gasteiger partial charge in [-0.15, -0.1) is 0 Å². The first-order valence-corrected chi connectivity index (χ1v) is 6.11. The molecule has 0 bridgehead atoms. The van der Waals surface area contributed by atoms with E-state index in [9.17, 15) is 5.11 Å². The van der Waals surface area contributed by atoms with E-state index < -0.39 is 0 Å². The van der Waals surface area contributed by atoms with Crippen LogP contribution < -0.4 is 0 Å². The molecule has 1 aromatic rings. The minimum atomic E-state index is 0.0488. The molecule has 1 atom stereocenters. The highest BCUT2D eigenvalue weighted by Gasteiger charge is 2.38. The van der Waals surface area contributed by atoms with Crippen LogP contribution in [0, 0.1) is 0 Å². The summed E-state index contributed by atoms with van der Waals surface area (Å²) in [7, 11) is 2.11. The minimum Gasteiger partial charge on any atom is -0.468 e. The monoisotopic (exact) mass is 238 g/mol. The van der Waals surface area contributed by atoms with Crippen LogP contribution in [-0.2, 0) is 6.54 Å². The second-order valence-corrected chi connectivity index (χ2v) is 5.55. The summed E-state index contributed by atoms with van der Waals surface area (Å²) in [5.74, 6) is 0.959. The molecule has 0 saturated carbocycles. The Labute approximate surface area is 103 Å². The first kappa shape index (κ1) is 12.6. The fourth-order valence-corrected chi connectivity index (χ4v) is 2.84. The molecule has 2 heterocycles. The van der Waals surface area contributed by atoms with Crippen molar-refractivity contribution >= 4 is 0 Å². The number of rotatable bonds is 3. The van der Waals surface area contributed by atoms with E-state index in [1.165, 1.54) is 0 Å². The van der Waals surface area contributed by atoms with Gasteiger partial charge in [0.15, 0.2) is 0 Å². The summed E-state index contributed by atoms with van der Waals surface area (Å²) in [5.41, 5.74) is 0.0488. The highest BCUT2D eigenvalue weighted by molar-refractivity contribution is 5.02. The molecule has 1 aromatic heterocycles. The Kier molecular flexibility index (Phi) is 3.56. The molecule has 1 aliphatic heterocycles. The Balaban J connectivity index is 2.15. The summed E-state index contributed by atoms with van der Waals surface area (Å²) in [6.07, 6.45) is 1.70. The SMILES string of the molecule is CN1CC(CO)N(Cc2ccco2)C(C)(C)C1. The van der Waals surface area contributed by atoms with Gasteiger partial charge >= 0.3 is 0 Å². The van der Waals surface area contributed by atoms with Crippen molar-refractivity contribution in [1.29, 1.82) is 0 Å². The van der Waals surface area contributed by atoms with E-state index in [-0.39, 0.29) is 18.2 Å². The van der Waals surface area contributed by atoms with Crippen molar-refractivity contribution in [2.45, 2.75) is 32.0 Å². The lowest BCUT2D eigenvalue weighted by Gasteiger charge is -2.50. The van der Waals surface area contributed by atoms with Gasteiger partial charge in [-0.05, 0) is 33.0 Å². The van der Waals surface area contributed by atoms with E-state index in [2.05, 4.69) is 30.7 Å². The van der Waals surface area contributed by atoms with Crippen molar-refractivity contribution in [3.63, 3.8) is 0 Å². The number of piperazine rings is 1. The van der Waals surface area contributed by atoms with Crippen LogP contribution in [-0.4, -0.2) is 53.2 Å². The van der Waals surface area contributed by atoms with Crippen LogP contribution in [0.25, 0.3) is 0 Å². The van der Waals surface area contributed by atoms with Gasteiger partial charge in [0.2, 0.25) is 0 Å². The molecule has 0 amide bonds. The smallest absolute Gasteiger partial charge is 0.117 e. The molecule has 0 spiro atoms. The summed E-state index contributed by atoms with van der Waals surface area (Å²) >= 11 is 0. The predicted molar refractivity (Wildman–Crippen MR) is 66.7 cm³/mol. The Hall–Kier alpha value is -0.840. The molecule has 1 fully saturated rings. The molecule has 1 saturated heterocycles. The highest BCUT2D eigenvalue weighted by Crippen LogP contribution is 2.26. The Morgan fingerprint density at radius 3 is 2.88 bits per heavy atom. The standard InChI is InChI=1S/C13H22N2O2/c1-13(2)10-14(3)7-11(9-16)15(13)8-12-5-4-6-17-12/h4-6,11,16H,7-10H2,1-3H3. The van der Waals surface area contributed by atoms with Crippen molar-refractivity contribution in [3.8, 4) is 0 Å². The summed E-state index contributed by atoms with van der Waals surface area (Å²) < 4.78 is 5.41. The summed E-state index contributed by atoms with van der Waals surface area (Å²) in [5, 5.41) is 9.54. The summed E-state index contributed by atoms with van der Waals surface area (Å²) in [6, 6.07) is 4.07. The fourth-order valence-electron chi connectivity index (χ4n) is 2.84. The molecule has 96 valence electrons. The van der Waals surface area contributed by atoms with Crippen molar-refractivity contribution in [1.82, 2.24) is 9.80 Å². The van der Waals surface area contributed by atoms with Gasteiger partial charge in [0.1, 0.15) is 5.76 Å². The molecule has 0 aromatic carbocycles. The second-order valence-electron chi connectivity index (χ2n) is 5.55. The van der Waals surface area contributed by atoms with E-state index in [0.717, 1.165) is 25.4 Å². The van der Waals surface area contributed by atoms with Gasteiger partial charge < -0.3 is 14.4 Å². The maximum atomic E-state index is 9.54. The van der Waals surface area contributed by atoms with Gasteiger partial charge in [0.25, 0.3) is 0 Å². The zero-order valence-corrected chi connectivity index (χ0v) is 10.9. The minimum absolute atomic E-state index is 0.0488. The Bertz CT molecular complexity index is 348. The van der Waals surface area contributed by atoms with Crippen LogP contribution in [0.1, 0.15) is 19.6 Å². The first-order chi connectivity index (χ1) is 8.03. The zero-order valence-electron chi connectivity index (χ0n) is 10.9. The number of likely N-dealkylation sites (N-methyl/N-ethyl adjacent to an activating group) is 1. The molecule has 0 radical (unpaired) electrons. The van der Waals surface area contributed by atoms with Crippen molar-refractivity contribution < 1.29 is 9.52 Å². The van der Waals surface area contributed by atoms with Crippen LogP contribution in [0.2, 0.25) is 0 Å². The zero-order chi connectivity index (χ0) is 12.5. The molecule has 1 N–H and O–H groups in total. The molecule has 4 nitrogen and oxygen atoms in total. The maximum absolute atomic E-state index is 9.54. The summed E-state index contributed by atoms with van der Waals surface area (Å²) in [6.45, 7) is 7.29. The fraction of sp³-hybridized carbons (Fsp3) is 0.692. The number of aliphatic hydroxyl groups is 1. The normalized spacial score (nSPS) is 26.2. The van der Waals surface area contributed by atoms with Gasteiger partial charge in [-0.25, -0.2) is 0 Å². The topological polar surface area (TPSA) is 39.9 Å². The van der Waals surface area contributed by atoms with Crippen molar-refractivity contribution in [2.24, 2.45) is 0 Å². The molecule has 17 heavy (non-hydrogen) atoms. The maximum Gasteiger partial charge on any atom is 0.117 e. The van der Waals surface area contributed by atoms with Crippen LogP contribution in [0.3, 0.4) is 0 Å². The molecular formula is C13H22N2O2. The van der Waals surface area contributed by atoms with E-state index in [1.807, 2.05) is 12.1 Å². The molecule has 0 aliphatic carbocycles. The lowest BCUT2D eigenvalue weighted by molar-refractivity contribution is -0.0451. The van der Waals surface area contributed by atoms with Crippen LogP contribution in [0.5, 0.6) is 0 Å². The third-order valence-corrected chi connectivity index (χ3v) is 3.51. The van der Waals surface area contributed by atoms with Gasteiger partial charge in [0, 0.05) is 24.7 Å². The molecule has 2 rings (SSSR count). The lowest BCUT2D eigenvalue weighted by Crippen LogP contribution is -2.63. The Morgan fingerprint density at radius 1 is 1.53 bits per heavy atom. The predicted octanol–water partition coefficient (Wildman–Crippen LogP) is 1.17. The second kappa shape index (κ2) is 4.80. The number of aliphatic hydroxyl groups excluding tert-OH is 1. The van der Waals surface area contributed by atoms with E-state index in [0.29, 0.717) is 0 Å². The van der Waals surface area contributed by atoms with Gasteiger partial charge in [0.05, 0.1) is 19.4 Å². The lowest BCUT2D eigenvalue weighted by atomic mass is 9.95. The number of furan rings is 1. The molecule has 4 heteroatoms. The van der Waals surface area contributed by atoms with E-state index in [4.69, 9.17) is 4.42 Å². The first-order valence-electron chi connectivity index (χ1n) is 6.11. The van der Waals surface area contributed by atoms with Crippen molar-refractivity contribution in [2.75, 3.05) is 26.7 Å². The highest BCUT2D eigenvalue weighted by atomic mass is 16.3. The van der Waals surface area contributed by atoms with Crippen LogP contribution >= 0.6 is 0 Å². The Morgan fingerprint density at radius 2 is 2.29 bits per heavy atom. The van der Waals surface area contributed by atoms with Crippen molar-refractivity contribution in [3.05, 3.63) is 24.2 Å². The average Bonchev–Trinajstić information content (AvgIpc) is 2.73. The molecule has 1 unspecified atom stereocenters. The molecule has 1 aliphatic rings. The van der Waals surface area contributed by atoms with E-state index in [1.54, 1.807) is 6.26 Å². The van der Waals surface area contributed by atoms with E-state index >= 15 is 0 Å². The van der Waals surface area contributed by atoms with Gasteiger partial charge in [-0.3, -0.25) is 4.90 Å². The summed E-state index contributed by atoms with van der Waals surface area (Å²) in [4.78, 5) is 4.62. The average molecular weight is 238 g/mol. The van der Waals surface area contributed by atoms with Gasteiger partial charge in [-0.1, -0.05) is 0 Å². The third-order valence-electron chi connectivity index (χ3n) is 3.51. The van der Waals surface area contributed by atoms with Crippen LogP contribution in [0.15, 0.2) is 22.8 Å². The number of hydrogen-bond acceptors (Lipinski definition) is 4.